The van der Waals surface area contributed by atoms with Gasteiger partial charge in [0, 0.05) is 13.0 Å². The molecule has 0 radical (unpaired) electrons. The number of amides is 1. The van der Waals surface area contributed by atoms with Crippen LogP contribution >= 0.6 is 0 Å². The number of rotatable bonds is 6. The summed E-state index contributed by atoms with van der Waals surface area (Å²) in [5.74, 6) is 3.84. The lowest BCUT2D eigenvalue weighted by molar-refractivity contribution is -0.172. The molecule has 4 fully saturated rings. The number of carbonyl (C=O) groups is 1. The second-order valence-electron chi connectivity index (χ2n) is 12.3. The monoisotopic (exact) mass is 433 g/mol. The first-order valence-corrected chi connectivity index (χ1v) is 13.3. The lowest BCUT2D eigenvalue weighted by Crippen LogP contribution is -2.58. The molecule has 4 saturated carbocycles. The largest absolute Gasteiger partial charge is 0.393 e. The van der Waals surface area contributed by atoms with E-state index in [0.29, 0.717) is 41.4 Å². The van der Waals surface area contributed by atoms with Crippen LogP contribution in [0, 0.1) is 46.3 Å². The van der Waals surface area contributed by atoms with E-state index < -0.39 is 0 Å². The van der Waals surface area contributed by atoms with E-state index in [2.05, 4.69) is 33.0 Å². The number of carbonyl (C=O) groups excluding carboxylic acids is 1. The van der Waals surface area contributed by atoms with Crippen LogP contribution in [-0.2, 0) is 4.79 Å². The zero-order valence-corrected chi connectivity index (χ0v) is 20.4. The van der Waals surface area contributed by atoms with Crippen molar-refractivity contribution >= 4 is 5.91 Å². The van der Waals surface area contributed by atoms with Crippen molar-refractivity contribution in [3.05, 3.63) is 0 Å². The predicted molar refractivity (Wildman–Crippen MR) is 124 cm³/mol. The minimum absolute atomic E-state index is 0.198. The highest BCUT2D eigenvalue weighted by Crippen LogP contribution is 2.68. The molecule has 4 rings (SSSR count). The zero-order chi connectivity index (χ0) is 22.4. The summed E-state index contributed by atoms with van der Waals surface area (Å²) in [7, 11) is 0. The van der Waals surface area contributed by atoms with E-state index in [1.54, 1.807) is 0 Å². The minimum atomic E-state index is -0.248. The molecule has 0 saturated heterocycles. The Morgan fingerprint density at radius 2 is 1.71 bits per heavy atom. The van der Waals surface area contributed by atoms with Crippen molar-refractivity contribution in [3.8, 4) is 0 Å². The van der Waals surface area contributed by atoms with Crippen LogP contribution in [0.15, 0.2) is 0 Å². The molecule has 4 nitrogen and oxygen atoms in total. The molecule has 0 aromatic heterocycles. The molecule has 31 heavy (non-hydrogen) atoms. The Kier molecular flexibility index (Phi) is 6.81. The van der Waals surface area contributed by atoms with Gasteiger partial charge in [0.05, 0.1) is 12.2 Å². The number of hydrogen-bond donors (Lipinski definition) is 3. The van der Waals surface area contributed by atoms with Gasteiger partial charge in [-0.3, -0.25) is 4.79 Å². The SMILES string of the molecule is CCCNC(=O)CCC(C)C1CCC2C3C[C@H](O)[C@@H]4C[C@H](O)CC[C@]4(C)C3CC[C@]12C. The molecular weight excluding hydrogens is 386 g/mol. The van der Waals surface area contributed by atoms with Crippen LogP contribution in [0.1, 0.15) is 98.3 Å². The first-order chi connectivity index (χ1) is 14.7. The molecule has 0 aromatic rings. The van der Waals surface area contributed by atoms with Crippen molar-refractivity contribution in [1.82, 2.24) is 5.32 Å². The Labute approximate surface area is 190 Å². The Morgan fingerprint density at radius 1 is 1.00 bits per heavy atom. The van der Waals surface area contributed by atoms with Gasteiger partial charge in [-0.05, 0) is 111 Å². The predicted octanol–water partition coefficient (Wildman–Crippen LogP) is 4.92. The summed E-state index contributed by atoms with van der Waals surface area (Å²) in [6, 6.07) is 0. The van der Waals surface area contributed by atoms with E-state index >= 15 is 0 Å². The Balaban J connectivity index is 1.45. The summed E-state index contributed by atoms with van der Waals surface area (Å²) in [5, 5.41) is 24.5. The van der Waals surface area contributed by atoms with Gasteiger partial charge in [-0.1, -0.05) is 27.7 Å². The van der Waals surface area contributed by atoms with Gasteiger partial charge in [0.15, 0.2) is 0 Å². The summed E-state index contributed by atoms with van der Waals surface area (Å²) < 4.78 is 0. The van der Waals surface area contributed by atoms with Crippen LogP contribution in [0.25, 0.3) is 0 Å². The Morgan fingerprint density at radius 3 is 2.45 bits per heavy atom. The second-order valence-corrected chi connectivity index (χ2v) is 12.3. The summed E-state index contributed by atoms with van der Waals surface area (Å²) in [5.41, 5.74) is 0.557. The number of nitrogens with one attached hydrogen (secondary N) is 1. The first-order valence-electron chi connectivity index (χ1n) is 13.3. The van der Waals surface area contributed by atoms with Gasteiger partial charge in [-0.2, -0.15) is 0 Å². The maximum atomic E-state index is 12.1. The van der Waals surface area contributed by atoms with Crippen molar-refractivity contribution in [2.24, 2.45) is 46.3 Å². The van der Waals surface area contributed by atoms with Crippen molar-refractivity contribution in [2.75, 3.05) is 6.54 Å². The molecule has 4 heteroatoms. The highest BCUT2D eigenvalue weighted by atomic mass is 16.3. The number of aliphatic hydroxyl groups is 2. The second kappa shape index (κ2) is 8.97. The van der Waals surface area contributed by atoms with E-state index in [-0.39, 0.29) is 29.4 Å². The molecule has 1 amide bonds. The van der Waals surface area contributed by atoms with Crippen molar-refractivity contribution in [1.29, 1.82) is 0 Å². The third kappa shape index (κ3) is 4.09. The molecule has 0 heterocycles. The standard InChI is InChI=1S/C27H47NO3/c1-5-14-28-25(31)9-6-17(2)20-7-8-21-19-16-24(30)23-15-18(29)10-12-27(23,4)22(19)11-13-26(20,21)3/h17-24,29-30H,5-16H2,1-4H3,(H,28,31)/t17?,18-,19?,20?,21?,22?,23+,24+,26-,27-/m1/s1. The Bertz CT molecular complexity index is 652. The molecule has 5 unspecified atom stereocenters. The third-order valence-corrected chi connectivity index (χ3v) is 10.8. The third-order valence-electron chi connectivity index (χ3n) is 10.8. The van der Waals surface area contributed by atoms with Gasteiger partial charge >= 0.3 is 0 Å². The van der Waals surface area contributed by atoms with Crippen LogP contribution in [0.5, 0.6) is 0 Å². The quantitative estimate of drug-likeness (QED) is 0.557. The summed E-state index contributed by atoms with van der Waals surface area (Å²) in [6.45, 7) is 10.3. The molecule has 0 bridgehead atoms. The number of fused-ring (bicyclic) bond motifs is 5. The van der Waals surface area contributed by atoms with Crippen LogP contribution in [0.2, 0.25) is 0 Å². The van der Waals surface area contributed by atoms with Crippen LogP contribution < -0.4 is 5.32 Å². The molecule has 0 spiro atoms. The van der Waals surface area contributed by atoms with Crippen molar-refractivity contribution < 1.29 is 15.0 Å². The summed E-state index contributed by atoms with van der Waals surface area (Å²) in [4.78, 5) is 12.1. The van der Waals surface area contributed by atoms with Crippen LogP contribution in [-0.4, -0.2) is 34.9 Å². The topological polar surface area (TPSA) is 69.6 Å². The van der Waals surface area contributed by atoms with Gasteiger partial charge in [0.25, 0.3) is 0 Å². The van der Waals surface area contributed by atoms with E-state index in [1.165, 1.54) is 25.7 Å². The first kappa shape index (κ1) is 23.5. The lowest BCUT2D eigenvalue weighted by atomic mass is 9.44. The molecule has 0 aromatic carbocycles. The average Bonchev–Trinajstić information content (AvgIpc) is 3.09. The van der Waals surface area contributed by atoms with Gasteiger partial charge in [0.1, 0.15) is 0 Å². The maximum absolute atomic E-state index is 12.1. The zero-order valence-electron chi connectivity index (χ0n) is 20.4. The minimum Gasteiger partial charge on any atom is -0.393 e. The highest BCUT2D eigenvalue weighted by molar-refractivity contribution is 5.75. The highest BCUT2D eigenvalue weighted by Gasteiger charge is 2.62. The van der Waals surface area contributed by atoms with Crippen LogP contribution in [0.3, 0.4) is 0 Å². The summed E-state index contributed by atoms with van der Waals surface area (Å²) in [6.07, 6.45) is 11.1. The number of hydrogen-bond acceptors (Lipinski definition) is 3. The van der Waals surface area contributed by atoms with E-state index in [0.717, 1.165) is 45.1 Å². The fourth-order valence-electron chi connectivity index (χ4n) is 9.17. The van der Waals surface area contributed by atoms with Gasteiger partial charge in [-0.15, -0.1) is 0 Å². The molecule has 4 aliphatic carbocycles. The fraction of sp³-hybridized carbons (Fsp3) is 0.963. The Hall–Kier alpha value is -0.610. The van der Waals surface area contributed by atoms with E-state index in [4.69, 9.17) is 0 Å². The normalized spacial score (nSPS) is 47.7. The van der Waals surface area contributed by atoms with Crippen molar-refractivity contribution in [2.45, 2.75) is 111 Å². The van der Waals surface area contributed by atoms with Crippen LogP contribution in [0.4, 0.5) is 0 Å². The number of aliphatic hydroxyl groups excluding tert-OH is 2. The van der Waals surface area contributed by atoms with Crippen molar-refractivity contribution in [3.63, 3.8) is 0 Å². The fourth-order valence-corrected chi connectivity index (χ4v) is 9.17. The molecular formula is C27H47NO3. The molecule has 4 aliphatic rings. The molecule has 10 atom stereocenters. The molecule has 3 N–H and O–H groups in total. The van der Waals surface area contributed by atoms with E-state index in [1.807, 2.05) is 0 Å². The van der Waals surface area contributed by atoms with Gasteiger partial charge in [0.2, 0.25) is 5.91 Å². The molecule has 0 aliphatic heterocycles. The van der Waals surface area contributed by atoms with Gasteiger partial charge in [-0.25, -0.2) is 0 Å². The van der Waals surface area contributed by atoms with E-state index in [9.17, 15) is 15.0 Å². The maximum Gasteiger partial charge on any atom is 0.220 e. The average molecular weight is 434 g/mol. The summed E-state index contributed by atoms with van der Waals surface area (Å²) >= 11 is 0. The lowest BCUT2D eigenvalue weighted by Gasteiger charge is -2.62. The molecule has 178 valence electrons. The smallest absolute Gasteiger partial charge is 0.220 e. The van der Waals surface area contributed by atoms with Gasteiger partial charge < -0.3 is 15.5 Å².